The van der Waals surface area contributed by atoms with Gasteiger partial charge in [0.05, 0.1) is 0 Å². The first-order valence-corrected chi connectivity index (χ1v) is 8.41. The third-order valence-electron chi connectivity index (χ3n) is 4.26. The van der Waals surface area contributed by atoms with Crippen LogP contribution >= 0.6 is 0 Å². The van der Waals surface area contributed by atoms with Crippen molar-refractivity contribution in [3.05, 3.63) is 60.8 Å². The maximum Gasteiger partial charge on any atom is 0.246 e. The lowest BCUT2D eigenvalue weighted by Crippen LogP contribution is -2.37. The highest BCUT2D eigenvalue weighted by atomic mass is 16.5. The van der Waals surface area contributed by atoms with Gasteiger partial charge in [0.2, 0.25) is 11.8 Å². The van der Waals surface area contributed by atoms with Gasteiger partial charge >= 0.3 is 0 Å². The Balaban J connectivity index is 1.46. The number of hydrogen-bond acceptors (Lipinski definition) is 4. The van der Waals surface area contributed by atoms with E-state index in [1.807, 2.05) is 30.3 Å². The highest BCUT2D eigenvalue weighted by Gasteiger charge is 2.27. The van der Waals surface area contributed by atoms with Gasteiger partial charge in [0.15, 0.2) is 5.75 Å². The maximum absolute atomic E-state index is 12.1. The van der Waals surface area contributed by atoms with E-state index < -0.39 is 6.04 Å². The molecule has 0 unspecified atom stereocenters. The Morgan fingerprint density at radius 2 is 1.92 bits per heavy atom. The summed E-state index contributed by atoms with van der Waals surface area (Å²) in [6, 6.07) is 16.3. The number of hydrogen-bond donors (Lipinski definition) is 2. The Morgan fingerprint density at radius 3 is 2.69 bits per heavy atom. The number of carbonyl (C=O) groups excluding carboxylic acids is 2. The minimum atomic E-state index is -0.458. The largest absolute Gasteiger partial charge is 0.455 e. The molecule has 2 N–H and O–H groups in total. The molecule has 0 saturated carbocycles. The number of amides is 2. The summed E-state index contributed by atoms with van der Waals surface area (Å²) in [5.74, 6) is 1.03. The van der Waals surface area contributed by atoms with Crippen molar-refractivity contribution in [2.24, 2.45) is 0 Å². The molecule has 0 bridgehead atoms. The minimum Gasteiger partial charge on any atom is -0.455 e. The monoisotopic (exact) mass is 347 g/mol. The molecule has 0 aliphatic carbocycles. The van der Waals surface area contributed by atoms with E-state index in [9.17, 15) is 9.59 Å². The molecule has 1 aromatic heterocycles. The van der Waals surface area contributed by atoms with Crippen LogP contribution in [0.4, 0.5) is 5.69 Å². The minimum absolute atomic E-state index is 0.0856. The number of nitrogens with zero attached hydrogens (tertiary/aromatic N) is 1. The second-order valence-corrected chi connectivity index (χ2v) is 6.11. The molecule has 0 radical (unpaired) electrons. The number of benzene rings is 2. The molecule has 6 nitrogen and oxygen atoms in total. The zero-order valence-corrected chi connectivity index (χ0v) is 13.9. The van der Waals surface area contributed by atoms with E-state index >= 15 is 0 Å². The van der Waals surface area contributed by atoms with Crippen molar-refractivity contribution >= 4 is 28.4 Å². The summed E-state index contributed by atoms with van der Waals surface area (Å²) in [4.78, 5) is 27.7. The average Bonchev–Trinajstić information content (AvgIpc) is 3.10. The normalized spacial score (nSPS) is 16.3. The number of anilines is 1. The average molecular weight is 347 g/mol. The number of para-hydroxylation sites is 1. The van der Waals surface area contributed by atoms with Gasteiger partial charge in [0.1, 0.15) is 17.3 Å². The van der Waals surface area contributed by atoms with Crippen LogP contribution in [0.2, 0.25) is 0 Å². The zero-order valence-electron chi connectivity index (χ0n) is 13.9. The van der Waals surface area contributed by atoms with Gasteiger partial charge in [-0.3, -0.25) is 14.6 Å². The molecule has 1 aliphatic rings. The fourth-order valence-corrected chi connectivity index (χ4v) is 2.93. The fourth-order valence-electron chi connectivity index (χ4n) is 2.93. The van der Waals surface area contributed by atoms with Gasteiger partial charge in [-0.2, -0.15) is 0 Å². The molecule has 1 atom stereocenters. The van der Waals surface area contributed by atoms with Crippen LogP contribution in [-0.4, -0.2) is 22.8 Å². The number of nitrogens with one attached hydrogen (secondary N) is 2. The highest BCUT2D eigenvalue weighted by Crippen LogP contribution is 2.29. The first-order valence-electron chi connectivity index (χ1n) is 8.41. The Labute approximate surface area is 150 Å². The van der Waals surface area contributed by atoms with Crippen LogP contribution in [0.1, 0.15) is 12.8 Å². The summed E-state index contributed by atoms with van der Waals surface area (Å²) in [5.41, 5.74) is 1.45. The summed E-state index contributed by atoms with van der Waals surface area (Å²) in [6.07, 6.45) is 2.65. The van der Waals surface area contributed by atoms with E-state index in [1.165, 1.54) is 0 Å². The molecule has 0 spiro atoms. The summed E-state index contributed by atoms with van der Waals surface area (Å²) in [5, 5.41) is 6.46. The van der Waals surface area contributed by atoms with E-state index in [2.05, 4.69) is 15.6 Å². The Bertz CT molecular complexity index is 964. The molecule has 2 aromatic carbocycles. The standard InChI is InChI=1S/C20H17N3O3/c24-18-11-10-16(23-18)20(25)22-14-6-8-15(9-7-14)26-17-5-1-3-13-4-2-12-21-19(13)17/h1-9,12,16H,10-11H2,(H,22,25)(H,23,24)/t16-/m1/s1. The quantitative estimate of drug-likeness (QED) is 0.759. The van der Waals surface area contributed by atoms with Crippen LogP contribution < -0.4 is 15.4 Å². The number of rotatable bonds is 4. The van der Waals surface area contributed by atoms with E-state index in [0.717, 1.165) is 10.9 Å². The van der Waals surface area contributed by atoms with Gasteiger partial charge in [0.25, 0.3) is 0 Å². The lowest BCUT2D eigenvalue weighted by molar-refractivity contribution is -0.122. The molecule has 3 aromatic rings. The molecule has 1 saturated heterocycles. The predicted molar refractivity (Wildman–Crippen MR) is 98.1 cm³/mol. The molecule has 2 amide bonds. The Kier molecular flexibility index (Phi) is 4.23. The van der Waals surface area contributed by atoms with Gasteiger partial charge in [-0.25, -0.2) is 0 Å². The second kappa shape index (κ2) is 6.84. The first kappa shape index (κ1) is 16.1. The summed E-state index contributed by atoms with van der Waals surface area (Å²) >= 11 is 0. The van der Waals surface area contributed by atoms with Crippen molar-refractivity contribution in [2.75, 3.05) is 5.32 Å². The van der Waals surface area contributed by atoms with Crippen molar-refractivity contribution in [3.8, 4) is 11.5 Å². The van der Waals surface area contributed by atoms with Gasteiger partial charge in [-0.15, -0.1) is 0 Å². The predicted octanol–water partition coefficient (Wildman–Crippen LogP) is 3.24. The molecular formula is C20H17N3O3. The molecule has 1 fully saturated rings. The molecule has 6 heteroatoms. The van der Waals surface area contributed by atoms with E-state index in [4.69, 9.17) is 4.74 Å². The van der Waals surface area contributed by atoms with Crippen molar-refractivity contribution in [2.45, 2.75) is 18.9 Å². The maximum atomic E-state index is 12.1. The van der Waals surface area contributed by atoms with E-state index in [0.29, 0.717) is 30.0 Å². The lowest BCUT2D eigenvalue weighted by Gasteiger charge is -2.12. The number of ether oxygens (including phenoxy) is 1. The molecule has 26 heavy (non-hydrogen) atoms. The number of aromatic nitrogens is 1. The summed E-state index contributed by atoms with van der Waals surface area (Å²) in [7, 11) is 0. The van der Waals surface area contributed by atoms with Gasteiger partial charge in [-0.1, -0.05) is 18.2 Å². The Morgan fingerprint density at radius 1 is 1.12 bits per heavy atom. The van der Waals surface area contributed by atoms with E-state index in [1.54, 1.807) is 30.5 Å². The van der Waals surface area contributed by atoms with E-state index in [-0.39, 0.29) is 11.8 Å². The van der Waals surface area contributed by atoms with Crippen LogP contribution in [0, 0.1) is 0 Å². The van der Waals surface area contributed by atoms with Gasteiger partial charge < -0.3 is 15.4 Å². The third-order valence-corrected chi connectivity index (χ3v) is 4.26. The van der Waals surface area contributed by atoms with Crippen molar-refractivity contribution < 1.29 is 14.3 Å². The topological polar surface area (TPSA) is 80.3 Å². The van der Waals surface area contributed by atoms with Crippen LogP contribution in [0.5, 0.6) is 11.5 Å². The van der Waals surface area contributed by atoms with Crippen molar-refractivity contribution in [1.82, 2.24) is 10.3 Å². The number of pyridine rings is 1. The van der Waals surface area contributed by atoms with Crippen molar-refractivity contribution in [3.63, 3.8) is 0 Å². The van der Waals surface area contributed by atoms with Crippen LogP contribution in [0.15, 0.2) is 60.8 Å². The SMILES string of the molecule is O=C1CC[C@H](C(=O)Nc2ccc(Oc3cccc4cccnc34)cc2)N1. The second-order valence-electron chi connectivity index (χ2n) is 6.11. The molecule has 4 rings (SSSR count). The summed E-state index contributed by atoms with van der Waals surface area (Å²) in [6.45, 7) is 0. The number of carbonyl (C=O) groups is 2. The third kappa shape index (κ3) is 3.35. The lowest BCUT2D eigenvalue weighted by atomic mass is 10.2. The summed E-state index contributed by atoms with van der Waals surface area (Å²) < 4.78 is 5.93. The smallest absolute Gasteiger partial charge is 0.246 e. The van der Waals surface area contributed by atoms with Crippen LogP contribution in [-0.2, 0) is 9.59 Å². The van der Waals surface area contributed by atoms with Crippen LogP contribution in [0.25, 0.3) is 10.9 Å². The van der Waals surface area contributed by atoms with Crippen LogP contribution in [0.3, 0.4) is 0 Å². The zero-order chi connectivity index (χ0) is 17.9. The van der Waals surface area contributed by atoms with Gasteiger partial charge in [-0.05, 0) is 42.8 Å². The highest BCUT2D eigenvalue weighted by molar-refractivity contribution is 5.99. The number of fused-ring (bicyclic) bond motifs is 1. The Hall–Kier alpha value is -3.41. The van der Waals surface area contributed by atoms with Crippen molar-refractivity contribution in [1.29, 1.82) is 0 Å². The molecule has 130 valence electrons. The molecule has 1 aliphatic heterocycles. The first-order chi connectivity index (χ1) is 12.7. The van der Waals surface area contributed by atoms with Gasteiger partial charge in [0, 0.05) is 23.7 Å². The molecule has 2 heterocycles. The molecular weight excluding hydrogens is 330 g/mol. The fraction of sp³-hybridized carbons (Fsp3) is 0.150.